The maximum absolute atomic E-state index is 13.0. The number of hydrogen-bond acceptors (Lipinski definition) is 4. The van der Waals surface area contributed by atoms with E-state index in [0.717, 1.165) is 6.07 Å². The maximum Gasteiger partial charge on any atom is 0.435 e. The lowest BCUT2D eigenvalue weighted by Gasteiger charge is -2.46. The molecule has 1 spiro atoms. The fraction of sp³-hybridized carbons (Fsp3) is 0.706. The van der Waals surface area contributed by atoms with Crippen molar-refractivity contribution in [3.8, 4) is 0 Å². The summed E-state index contributed by atoms with van der Waals surface area (Å²) < 4.78 is 40.3. The third kappa shape index (κ3) is 3.30. The largest absolute Gasteiger partial charge is 0.435 e. The number of rotatable bonds is 2. The molecule has 2 saturated heterocycles. The summed E-state index contributed by atoms with van der Waals surface area (Å²) in [7, 11) is 0. The SMILES string of the molecule is O=C1CC2(CCN(C(=O)c3cc(C(F)(F)F)nn3C3CC3)CC2)C(O)CN1. The quantitative estimate of drug-likeness (QED) is 0.803. The molecule has 2 N–H and O–H groups in total. The van der Waals surface area contributed by atoms with Gasteiger partial charge >= 0.3 is 6.18 Å². The molecule has 2 aliphatic heterocycles. The predicted octanol–water partition coefficient (Wildman–Crippen LogP) is 1.34. The number of aliphatic hydroxyl groups excluding tert-OH is 1. The van der Waals surface area contributed by atoms with Crippen molar-refractivity contribution in [1.29, 1.82) is 0 Å². The van der Waals surface area contributed by atoms with Gasteiger partial charge in [-0.15, -0.1) is 0 Å². The van der Waals surface area contributed by atoms with E-state index in [1.54, 1.807) is 0 Å². The van der Waals surface area contributed by atoms with Gasteiger partial charge in [0.1, 0.15) is 5.69 Å². The van der Waals surface area contributed by atoms with E-state index in [0.29, 0.717) is 38.8 Å². The van der Waals surface area contributed by atoms with E-state index in [-0.39, 0.29) is 30.6 Å². The van der Waals surface area contributed by atoms with Gasteiger partial charge in [-0.3, -0.25) is 14.3 Å². The van der Waals surface area contributed by atoms with Crippen molar-refractivity contribution in [2.75, 3.05) is 19.6 Å². The number of carbonyl (C=O) groups is 2. The highest BCUT2D eigenvalue weighted by molar-refractivity contribution is 5.93. The number of carbonyl (C=O) groups excluding carboxylic acids is 2. The zero-order valence-corrected chi connectivity index (χ0v) is 14.6. The van der Waals surface area contributed by atoms with Crippen molar-refractivity contribution in [1.82, 2.24) is 20.0 Å². The molecule has 3 fully saturated rings. The Kier molecular flexibility index (Phi) is 4.21. The van der Waals surface area contributed by atoms with Crippen LogP contribution in [0.15, 0.2) is 6.07 Å². The summed E-state index contributed by atoms with van der Waals surface area (Å²) in [5.74, 6) is -0.601. The molecule has 1 atom stereocenters. The van der Waals surface area contributed by atoms with Gasteiger partial charge in [0.2, 0.25) is 5.91 Å². The van der Waals surface area contributed by atoms with Crippen LogP contribution in [-0.2, 0) is 11.0 Å². The van der Waals surface area contributed by atoms with Crippen LogP contribution in [0.4, 0.5) is 13.2 Å². The first-order chi connectivity index (χ1) is 12.7. The molecule has 1 aliphatic carbocycles. The van der Waals surface area contributed by atoms with Gasteiger partial charge in [-0.1, -0.05) is 0 Å². The van der Waals surface area contributed by atoms with Gasteiger partial charge in [-0.25, -0.2) is 0 Å². The van der Waals surface area contributed by atoms with Crippen LogP contribution in [0.25, 0.3) is 0 Å². The summed E-state index contributed by atoms with van der Waals surface area (Å²) in [5, 5.41) is 16.5. The van der Waals surface area contributed by atoms with Gasteiger partial charge < -0.3 is 15.3 Å². The Hall–Kier alpha value is -2.10. The van der Waals surface area contributed by atoms with E-state index in [4.69, 9.17) is 0 Å². The van der Waals surface area contributed by atoms with Gasteiger partial charge in [0.25, 0.3) is 5.91 Å². The highest BCUT2D eigenvalue weighted by Crippen LogP contribution is 2.41. The molecule has 2 amide bonds. The predicted molar refractivity (Wildman–Crippen MR) is 86.7 cm³/mol. The fourth-order valence-corrected chi connectivity index (χ4v) is 4.04. The minimum absolute atomic E-state index is 0.0392. The molecule has 3 heterocycles. The number of nitrogens with one attached hydrogen (secondary N) is 1. The Balaban J connectivity index is 1.51. The van der Waals surface area contributed by atoms with Crippen LogP contribution in [0.2, 0.25) is 0 Å². The lowest BCUT2D eigenvalue weighted by molar-refractivity contribution is -0.141. The van der Waals surface area contributed by atoms with E-state index in [1.807, 2.05) is 0 Å². The minimum Gasteiger partial charge on any atom is -0.391 e. The van der Waals surface area contributed by atoms with Crippen molar-refractivity contribution >= 4 is 11.8 Å². The van der Waals surface area contributed by atoms with Gasteiger partial charge in [0, 0.05) is 37.5 Å². The maximum atomic E-state index is 13.0. The normalized spacial score (nSPS) is 25.6. The molecule has 4 rings (SSSR count). The molecule has 1 unspecified atom stereocenters. The first-order valence-electron chi connectivity index (χ1n) is 9.10. The Morgan fingerprint density at radius 1 is 1.30 bits per heavy atom. The Labute approximate surface area is 153 Å². The smallest absolute Gasteiger partial charge is 0.391 e. The molecule has 7 nitrogen and oxygen atoms in total. The van der Waals surface area contributed by atoms with Gasteiger partial charge in [-0.2, -0.15) is 18.3 Å². The van der Waals surface area contributed by atoms with Crippen LogP contribution >= 0.6 is 0 Å². The minimum atomic E-state index is -4.60. The van der Waals surface area contributed by atoms with Crippen LogP contribution in [0.5, 0.6) is 0 Å². The van der Waals surface area contributed by atoms with Crippen molar-refractivity contribution in [3.05, 3.63) is 17.5 Å². The van der Waals surface area contributed by atoms with E-state index in [9.17, 15) is 27.9 Å². The molecular weight excluding hydrogens is 365 g/mol. The summed E-state index contributed by atoms with van der Waals surface area (Å²) >= 11 is 0. The second kappa shape index (κ2) is 6.22. The summed E-state index contributed by atoms with van der Waals surface area (Å²) in [5.41, 5.74) is -1.65. The highest BCUT2D eigenvalue weighted by atomic mass is 19.4. The summed E-state index contributed by atoms with van der Waals surface area (Å²) in [6, 6.07) is 0.675. The number of piperidine rings is 2. The number of likely N-dealkylation sites (tertiary alicyclic amines) is 1. The molecular formula is C17H21F3N4O3. The molecule has 1 aromatic heterocycles. The van der Waals surface area contributed by atoms with Crippen LogP contribution in [-0.4, -0.2) is 57.3 Å². The standard InChI is InChI=1S/C17H21F3N4O3/c18-17(19,20)12-7-11(24(22-12)10-1-2-10)15(27)23-5-3-16(4-6-23)8-14(26)21-9-13(16)25/h7,10,13,25H,1-6,8-9H2,(H,21,26). The van der Waals surface area contributed by atoms with E-state index in [2.05, 4.69) is 10.4 Å². The molecule has 1 aromatic rings. The van der Waals surface area contributed by atoms with Crippen LogP contribution in [0.1, 0.15) is 54.3 Å². The number of halogens is 3. The first kappa shape index (κ1) is 18.3. The number of nitrogens with zero attached hydrogens (tertiary/aromatic N) is 3. The number of aromatic nitrogens is 2. The molecule has 10 heteroatoms. The molecule has 0 bridgehead atoms. The topological polar surface area (TPSA) is 87.5 Å². The number of amides is 2. The van der Waals surface area contributed by atoms with Crippen molar-refractivity contribution in [2.24, 2.45) is 5.41 Å². The molecule has 27 heavy (non-hydrogen) atoms. The zero-order chi connectivity index (χ0) is 19.4. The molecule has 3 aliphatic rings. The average Bonchev–Trinajstić information content (AvgIpc) is 3.35. The van der Waals surface area contributed by atoms with Crippen LogP contribution in [0, 0.1) is 5.41 Å². The molecule has 1 saturated carbocycles. The number of β-amino-alcohol motifs (C(OH)–C–C–N with tert-alkyl or cyclic N) is 1. The zero-order valence-electron chi connectivity index (χ0n) is 14.6. The summed E-state index contributed by atoms with van der Waals surface area (Å²) in [4.78, 5) is 26.1. The first-order valence-corrected chi connectivity index (χ1v) is 9.10. The van der Waals surface area contributed by atoms with Crippen molar-refractivity contribution < 1.29 is 27.9 Å². The lowest BCUT2D eigenvalue weighted by Crippen LogP contribution is -2.56. The summed E-state index contributed by atoms with van der Waals surface area (Å²) in [6.45, 7) is 0.775. The number of hydrogen-bond donors (Lipinski definition) is 2. The Bertz CT molecular complexity index is 764. The monoisotopic (exact) mass is 386 g/mol. The second-order valence-corrected chi connectivity index (χ2v) is 7.74. The van der Waals surface area contributed by atoms with Gasteiger partial charge in [0.15, 0.2) is 5.69 Å². The van der Waals surface area contributed by atoms with Gasteiger partial charge in [-0.05, 0) is 25.7 Å². The number of alkyl halides is 3. The second-order valence-electron chi connectivity index (χ2n) is 7.74. The molecule has 148 valence electrons. The molecule has 0 aromatic carbocycles. The highest BCUT2D eigenvalue weighted by Gasteiger charge is 2.46. The van der Waals surface area contributed by atoms with E-state index < -0.39 is 29.3 Å². The third-order valence-electron chi connectivity index (χ3n) is 5.90. The number of aliphatic hydroxyl groups is 1. The Morgan fingerprint density at radius 3 is 2.56 bits per heavy atom. The van der Waals surface area contributed by atoms with Gasteiger partial charge in [0.05, 0.1) is 12.1 Å². The van der Waals surface area contributed by atoms with Crippen molar-refractivity contribution in [2.45, 2.75) is 50.4 Å². The third-order valence-corrected chi connectivity index (χ3v) is 5.90. The van der Waals surface area contributed by atoms with Crippen LogP contribution in [0.3, 0.4) is 0 Å². The molecule has 0 radical (unpaired) electrons. The average molecular weight is 386 g/mol. The summed E-state index contributed by atoms with van der Waals surface area (Å²) in [6.07, 6.45) is -2.77. The lowest BCUT2D eigenvalue weighted by atomic mass is 9.69. The van der Waals surface area contributed by atoms with Crippen LogP contribution < -0.4 is 5.32 Å². The van der Waals surface area contributed by atoms with Crippen molar-refractivity contribution in [3.63, 3.8) is 0 Å². The fourth-order valence-electron chi connectivity index (χ4n) is 4.04. The van der Waals surface area contributed by atoms with E-state index >= 15 is 0 Å². The Morgan fingerprint density at radius 2 is 1.96 bits per heavy atom. The van der Waals surface area contributed by atoms with E-state index in [1.165, 1.54) is 9.58 Å².